The zero-order chi connectivity index (χ0) is 23.4. The maximum Gasteiger partial charge on any atom is 0.333 e. The molecule has 0 amide bonds. The fraction of sp³-hybridized carbons (Fsp3) is 0.318. The fourth-order valence-electron chi connectivity index (χ4n) is 3.28. The van der Waals surface area contributed by atoms with Gasteiger partial charge < -0.3 is 10.8 Å². The molecular formula is C22H25F4N5O. The average molecular weight is 451 g/mol. The van der Waals surface area contributed by atoms with Crippen molar-refractivity contribution in [2.45, 2.75) is 38.6 Å². The van der Waals surface area contributed by atoms with Gasteiger partial charge in [-0.3, -0.25) is 5.84 Å². The number of hydrogen-bond donors (Lipinski definition) is 3. The van der Waals surface area contributed by atoms with Crippen molar-refractivity contribution in [1.82, 2.24) is 14.8 Å². The van der Waals surface area contributed by atoms with Crippen molar-refractivity contribution in [3.05, 3.63) is 77.0 Å². The molecule has 5 N–H and O–H groups in total. The van der Waals surface area contributed by atoms with Gasteiger partial charge in [0.25, 0.3) is 0 Å². The van der Waals surface area contributed by atoms with Crippen LogP contribution < -0.4 is 11.6 Å². The predicted molar refractivity (Wildman–Crippen MR) is 112 cm³/mol. The van der Waals surface area contributed by atoms with Crippen molar-refractivity contribution in [2.24, 2.45) is 11.6 Å². The molecule has 2 aromatic carbocycles. The third kappa shape index (κ3) is 5.92. The van der Waals surface area contributed by atoms with Crippen LogP contribution in [0.5, 0.6) is 0 Å². The number of halogens is 4. The molecule has 32 heavy (non-hydrogen) atoms. The van der Waals surface area contributed by atoms with Crippen LogP contribution in [0.1, 0.15) is 23.2 Å². The van der Waals surface area contributed by atoms with Gasteiger partial charge in [-0.15, -0.1) is 0 Å². The molecule has 10 heteroatoms. The van der Waals surface area contributed by atoms with Crippen molar-refractivity contribution in [3.63, 3.8) is 0 Å². The summed E-state index contributed by atoms with van der Waals surface area (Å²) in [5, 5.41) is 15.0. The van der Waals surface area contributed by atoms with E-state index in [1.807, 2.05) is 31.2 Å². The number of aliphatic hydroxyl groups excluding tert-OH is 1. The lowest BCUT2D eigenvalue weighted by atomic mass is 10.0. The Kier molecular flexibility index (Phi) is 7.62. The summed E-state index contributed by atoms with van der Waals surface area (Å²) < 4.78 is 54.8. The van der Waals surface area contributed by atoms with E-state index < -0.39 is 30.3 Å². The summed E-state index contributed by atoms with van der Waals surface area (Å²) in [4.78, 5) is 0. The van der Waals surface area contributed by atoms with E-state index in [1.165, 1.54) is 6.07 Å². The normalized spacial score (nSPS) is 13.7. The average Bonchev–Trinajstić information content (AvgIpc) is 3.23. The molecule has 0 spiro atoms. The number of benzene rings is 2. The van der Waals surface area contributed by atoms with Gasteiger partial charge in [0.1, 0.15) is 11.6 Å². The maximum atomic E-state index is 14.5. The maximum absolute atomic E-state index is 14.5. The lowest BCUT2D eigenvalue weighted by molar-refractivity contribution is 0.0568. The minimum atomic E-state index is -2.85. The van der Waals surface area contributed by atoms with E-state index in [-0.39, 0.29) is 29.9 Å². The fourth-order valence-corrected chi connectivity index (χ4v) is 3.28. The summed E-state index contributed by atoms with van der Waals surface area (Å²) in [6.45, 7) is -1.32. The van der Waals surface area contributed by atoms with Gasteiger partial charge in [-0.25, -0.2) is 18.5 Å². The third-order valence-corrected chi connectivity index (χ3v) is 5.11. The highest BCUT2D eigenvalue weighted by Crippen LogP contribution is 2.25. The topological polar surface area (TPSA) is 93.3 Å². The number of rotatable bonds is 9. The molecule has 0 radical (unpaired) electrons. The van der Waals surface area contributed by atoms with Gasteiger partial charge in [-0.05, 0) is 37.1 Å². The van der Waals surface area contributed by atoms with E-state index in [4.69, 9.17) is 11.6 Å². The molecule has 6 nitrogen and oxygen atoms in total. The van der Waals surface area contributed by atoms with Crippen LogP contribution in [-0.2, 0) is 13.0 Å². The second-order valence-corrected chi connectivity index (χ2v) is 7.73. The Labute approximate surface area is 183 Å². The van der Waals surface area contributed by atoms with Gasteiger partial charge in [0, 0.05) is 36.5 Å². The highest BCUT2D eigenvalue weighted by molar-refractivity contribution is 5.59. The van der Waals surface area contributed by atoms with Gasteiger partial charge in [-0.1, -0.05) is 29.8 Å². The number of alkyl halides is 2. The summed E-state index contributed by atoms with van der Waals surface area (Å²) in [7, 11) is 0. The third-order valence-electron chi connectivity index (χ3n) is 5.11. The van der Waals surface area contributed by atoms with Crippen LogP contribution in [0.15, 0.2) is 48.7 Å². The summed E-state index contributed by atoms with van der Waals surface area (Å²) in [5.74, 6) is 4.06. The van der Waals surface area contributed by atoms with Gasteiger partial charge in [-0.2, -0.15) is 13.9 Å². The predicted octanol–water partition coefficient (Wildman–Crippen LogP) is 3.14. The zero-order valence-corrected chi connectivity index (χ0v) is 17.4. The quantitative estimate of drug-likeness (QED) is 0.264. The molecule has 2 atom stereocenters. The molecule has 0 aliphatic heterocycles. The molecule has 0 aliphatic carbocycles. The molecule has 0 fully saturated rings. The molecule has 1 heterocycles. The van der Waals surface area contributed by atoms with Crippen LogP contribution in [0.25, 0.3) is 11.3 Å². The number of hydrazine groups is 1. The number of aryl methyl sites for hydroxylation is 1. The molecule has 172 valence electrons. The Morgan fingerprint density at radius 3 is 2.28 bits per heavy atom. The number of aliphatic hydroxyl groups is 1. The lowest BCUT2D eigenvalue weighted by Gasteiger charge is -2.25. The van der Waals surface area contributed by atoms with E-state index in [9.17, 15) is 22.7 Å². The van der Waals surface area contributed by atoms with Gasteiger partial charge in [0.15, 0.2) is 0 Å². The van der Waals surface area contributed by atoms with Crippen molar-refractivity contribution in [3.8, 4) is 11.3 Å². The van der Waals surface area contributed by atoms with Crippen molar-refractivity contribution < 1.29 is 22.7 Å². The second-order valence-electron chi connectivity index (χ2n) is 7.73. The molecule has 3 aromatic rings. The van der Waals surface area contributed by atoms with Gasteiger partial charge in [0.05, 0.1) is 11.8 Å². The van der Waals surface area contributed by atoms with Crippen LogP contribution >= 0.6 is 0 Å². The minimum Gasteiger partial charge on any atom is -0.390 e. The van der Waals surface area contributed by atoms with Crippen LogP contribution in [-0.4, -0.2) is 38.6 Å². The Morgan fingerprint density at radius 2 is 1.72 bits per heavy atom. The standard InChI is InChI=1S/C22H25F4N5O/c1-13-2-4-14(5-3-13)8-19(27)21(32)12-30(28)11-16-17(23)9-15(10-18(16)24)20-6-7-31(29-20)22(25)26/h2-7,9-10,19,21-22,32H,8,11-12,27-28H2,1H3/t19-,21-/m0/s1. The first-order chi connectivity index (χ1) is 15.1. The SMILES string of the molecule is Cc1ccc(C[C@H](N)[C@@H](O)CN(N)Cc2c(F)cc(-c3ccn(C(F)F)n3)cc2F)cc1. The lowest BCUT2D eigenvalue weighted by Crippen LogP contribution is -2.46. The highest BCUT2D eigenvalue weighted by Gasteiger charge is 2.21. The molecule has 0 bridgehead atoms. The first-order valence-electron chi connectivity index (χ1n) is 9.94. The summed E-state index contributed by atoms with van der Waals surface area (Å²) in [6, 6.07) is 10.3. The first kappa shape index (κ1) is 23.9. The monoisotopic (exact) mass is 451 g/mol. The largest absolute Gasteiger partial charge is 0.390 e. The summed E-state index contributed by atoms with van der Waals surface area (Å²) >= 11 is 0. The Balaban J connectivity index is 1.63. The molecule has 0 aliphatic rings. The number of nitrogens with two attached hydrogens (primary N) is 2. The van der Waals surface area contributed by atoms with E-state index in [0.717, 1.165) is 34.5 Å². The molecular weight excluding hydrogens is 426 g/mol. The Hall–Kier alpha value is -2.79. The first-order valence-corrected chi connectivity index (χ1v) is 9.94. The molecule has 3 rings (SSSR count). The summed E-state index contributed by atoms with van der Waals surface area (Å²) in [6.07, 6.45) is 0.412. The highest BCUT2D eigenvalue weighted by atomic mass is 19.3. The number of hydrogen-bond acceptors (Lipinski definition) is 5. The van der Waals surface area contributed by atoms with E-state index in [2.05, 4.69) is 5.10 Å². The van der Waals surface area contributed by atoms with Gasteiger partial charge in [0.2, 0.25) is 0 Å². The van der Waals surface area contributed by atoms with E-state index in [0.29, 0.717) is 11.1 Å². The number of nitrogens with zero attached hydrogens (tertiary/aromatic N) is 3. The van der Waals surface area contributed by atoms with E-state index in [1.54, 1.807) is 0 Å². The van der Waals surface area contributed by atoms with Crippen LogP contribution in [0.3, 0.4) is 0 Å². The summed E-state index contributed by atoms with van der Waals surface area (Å²) in [5.41, 5.74) is 7.83. The van der Waals surface area contributed by atoms with Crippen LogP contribution in [0, 0.1) is 18.6 Å². The molecule has 0 saturated carbocycles. The Morgan fingerprint density at radius 1 is 1.09 bits per heavy atom. The molecule has 0 unspecified atom stereocenters. The molecule has 0 saturated heterocycles. The zero-order valence-electron chi connectivity index (χ0n) is 17.4. The molecule has 1 aromatic heterocycles. The van der Waals surface area contributed by atoms with Gasteiger partial charge >= 0.3 is 6.55 Å². The number of aromatic nitrogens is 2. The van der Waals surface area contributed by atoms with E-state index >= 15 is 0 Å². The van der Waals surface area contributed by atoms with Crippen LogP contribution in [0.2, 0.25) is 0 Å². The minimum absolute atomic E-state index is 0.0109. The van der Waals surface area contributed by atoms with Crippen LogP contribution in [0.4, 0.5) is 17.6 Å². The van der Waals surface area contributed by atoms with Crippen molar-refractivity contribution in [2.75, 3.05) is 6.54 Å². The second kappa shape index (κ2) is 10.2. The smallest absolute Gasteiger partial charge is 0.333 e. The Bertz CT molecular complexity index is 1020. The van der Waals surface area contributed by atoms with Crippen molar-refractivity contribution in [1.29, 1.82) is 0 Å². The van der Waals surface area contributed by atoms with Crippen molar-refractivity contribution >= 4 is 0 Å².